The third kappa shape index (κ3) is 2.60. The van der Waals surface area contributed by atoms with Crippen molar-refractivity contribution in [3.05, 3.63) is 71.8 Å². The van der Waals surface area contributed by atoms with Crippen molar-refractivity contribution in [3.8, 4) is 5.75 Å². The van der Waals surface area contributed by atoms with Gasteiger partial charge in [0.15, 0.2) is 0 Å². The van der Waals surface area contributed by atoms with E-state index in [-0.39, 0.29) is 11.5 Å². The van der Waals surface area contributed by atoms with Gasteiger partial charge in [-0.25, -0.2) is 0 Å². The molecule has 0 N–H and O–H groups in total. The Morgan fingerprint density at radius 3 is 2.38 bits per heavy atom. The summed E-state index contributed by atoms with van der Waals surface area (Å²) in [5.41, 5.74) is 3.27. The van der Waals surface area contributed by atoms with Gasteiger partial charge in [-0.3, -0.25) is 4.79 Å². The molecule has 2 aromatic rings. The molecule has 1 fully saturated rings. The Morgan fingerprint density at radius 2 is 1.67 bits per heavy atom. The minimum atomic E-state index is -0.314. The van der Waals surface area contributed by atoms with Crippen LogP contribution in [0.4, 0.5) is 0 Å². The lowest BCUT2D eigenvalue weighted by Crippen LogP contribution is -2.49. The van der Waals surface area contributed by atoms with Gasteiger partial charge in [-0.05, 0) is 23.3 Å². The maximum atomic E-state index is 11.6. The quantitative estimate of drug-likeness (QED) is 0.798. The summed E-state index contributed by atoms with van der Waals surface area (Å²) in [6.45, 7) is 3.13. The summed E-state index contributed by atoms with van der Waals surface area (Å²) in [5.74, 6) is 1.09. The normalized spacial score (nSPS) is 18.5. The molecule has 2 heterocycles. The Balaban J connectivity index is 1.75. The van der Waals surface area contributed by atoms with Crippen molar-refractivity contribution in [2.24, 2.45) is 0 Å². The zero-order valence-electron chi connectivity index (χ0n) is 13.9. The smallest absolute Gasteiger partial charge is 0.219 e. The van der Waals surface area contributed by atoms with E-state index in [1.807, 2.05) is 23.1 Å². The number of piperidine rings is 1. The molecule has 0 saturated carbocycles. The summed E-state index contributed by atoms with van der Waals surface area (Å²) in [7, 11) is 0. The third-order valence-corrected chi connectivity index (χ3v) is 5.04. The molecular weight excluding hydrogens is 298 g/mol. The van der Waals surface area contributed by atoms with Gasteiger partial charge in [0.25, 0.3) is 0 Å². The molecule has 1 spiro atoms. The van der Waals surface area contributed by atoms with E-state index in [9.17, 15) is 4.79 Å². The van der Waals surface area contributed by atoms with Crippen molar-refractivity contribution in [1.82, 2.24) is 4.90 Å². The highest BCUT2D eigenvalue weighted by Crippen LogP contribution is 2.43. The predicted molar refractivity (Wildman–Crippen MR) is 94.8 cm³/mol. The van der Waals surface area contributed by atoms with E-state index in [2.05, 4.69) is 42.5 Å². The Hall–Kier alpha value is -2.55. The molecule has 0 atom stereocenters. The monoisotopic (exact) mass is 319 g/mol. The molecule has 0 aliphatic carbocycles. The number of fused-ring (bicyclic) bond motifs is 1. The molecule has 122 valence electrons. The van der Waals surface area contributed by atoms with E-state index in [4.69, 9.17) is 4.74 Å². The summed E-state index contributed by atoms with van der Waals surface area (Å²) in [6, 6.07) is 18.7. The van der Waals surface area contributed by atoms with Gasteiger partial charge in [-0.2, -0.15) is 0 Å². The SMILES string of the molecule is CC(=O)N1CCC2(C=C(c3ccccc3)c3ccccc3O2)CC1. The molecule has 1 amide bonds. The number of amides is 1. The first-order chi connectivity index (χ1) is 11.7. The van der Waals surface area contributed by atoms with Gasteiger partial charge in [-0.1, -0.05) is 48.5 Å². The van der Waals surface area contributed by atoms with Crippen LogP contribution in [0.1, 0.15) is 30.9 Å². The Kier molecular flexibility index (Phi) is 3.64. The van der Waals surface area contributed by atoms with Gasteiger partial charge < -0.3 is 9.64 Å². The van der Waals surface area contributed by atoms with Crippen LogP contribution in [-0.2, 0) is 4.79 Å². The molecule has 3 heteroatoms. The van der Waals surface area contributed by atoms with Crippen molar-refractivity contribution >= 4 is 11.5 Å². The molecule has 24 heavy (non-hydrogen) atoms. The van der Waals surface area contributed by atoms with Crippen molar-refractivity contribution in [3.63, 3.8) is 0 Å². The molecule has 2 aromatic carbocycles. The van der Waals surface area contributed by atoms with Crippen LogP contribution >= 0.6 is 0 Å². The molecule has 1 saturated heterocycles. The minimum Gasteiger partial charge on any atom is -0.482 e. The molecule has 0 unspecified atom stereocenters. The molecule has 0 aromatic heterocycles. The van der Waals surface area contributed by atoms with Crippen molar-refractivity contribution < 1.29 is 9.53 Å². The second kappa shape index (κ2) is 5.82. The number of nitrogens with zero attached hydrogens (tertiary/aromatic N) is 1. The molecule has 2 aliphatic heterocycles. The zero-order chi connectivity index (χ0) is 16.6. The summed E-state index contributed by atoms with van der Waals surface area (Å²) in [6.07, 6.45) is 3.94. The van der Waals surface area contributed by atoms with E-state index in [1.54, 1.807) is 6.92 Å². The van der Waals surface area contributed by atoms with Crippen LogP contribution in [0.3, 0.4) is 0 Å². The van der Waals surface area contributed by atoms with Crippen LogP contribution in [0.15, 0.2) is 60.7 Å². The van der Waals surface area contributed by atoms with Gasteiger partial charge in [0, 0.05) is 38.4 Å². The number of para-hydroxylation sites is 1. The number of benzene rings is 2. The fraction of sp³-hybridized carbons (Fsp3) is 0.286. The van der Waals surface area contributed by atoms with Crippen LogP contribution in [0.2, 0.25) is 0 Å². The average Bonchev–Trinajstić information content (AvgIpc) is 2.62. The average molecular weight is 319 g/mol. The van der Waals surface area contributed by atoms with Gasteiger partial charge in [0.2, 0.25) is 5.91 Å². The lowest BCUT2D eigenvalue weighted by Gasteiger charge is -2.43. The lowest BCUT2D eigenvalue weighted by atomic mass is 9.83. The number of carbonyl (C=O) groups is 1. The largest absolute Gasteiger partial charge is 0.482 e. The van der Waals surface area contributed by atoms with Gasteiger partial charge >= 0.3 is 0 Å². The maximum absolute atomic E-state index is 11.6. The number of ether oxygens (including phenoxy) is 1. The number of carbonyl (C=O) groups excluding carboxylic acids is 1. The minimum absolute atomic E-state index is 0.147. The lowest BCUT2D eigenvalue weighted by molar-refractivity contribution is -0.131. The van der Waals surface area contributed by atoms with Crippen LogP contribution in [0.5, 0.6) is 5.75 Å². The number of hydrogen-bond acceptors (Lipinski definition) is 2. The summed E-state index contributed by atoms with van der Waals surface area (Å²) < 4.78 is 6.43. The number of likely N-dealkylation sites (tertiary alicyclic amines) is 1. The Bertz CT molecular complexity index is 786. The first kappa shape index (κ1) is 15.0. The van der Waals surface area contributed by atoms with Crippen LogP contribution in [0.25, 0.3) is 5.57 Å². The van der Waals surface area contributed by atoms with Gasteiger partial charge in [-0.15, -0.1) is 0 Å². The van der Waals surface area contributed by atoms with Crippen LogP contribution in [-0.4, -0.2) is 29.5 Å². The van der Waals surface area contributed by atoms with Crippen LogP contribution in [0, 0.1) is 0 Å². The highest BCUT2D eigenvalue weighted by Gasteiger charge is 2.39. The summed E-state index contributed by atoms with van der Waals surface area (Å²) in [4.78, 5) is 13.5. The van der Waals surface area contributed by atoms with E-state index in [1.165, 1.54) is 11.1 Å². The molecular formula is C21H21NO2. The molecule has 2 aliphatic rings. The second-order valence-corrected chi connectivity index (χ2v) is 6.59. The van der Waals surface area contributed by atoms with E-state index >= 15 is 0 Å². The van der Waals surface area contributed by atoms with E-state index in [0.29, 0.717) is 0 Å². The van der Waals surface area contributed by atoms with Crippen molar-refractivity contribution in [2.75, 3.05) is 13.1 Å². The Morgan fingerprint density at radius 1 is 1.00 bits per heavy atom. The highest BCUT2D eigenvalue weighted by molar-refractivity contribution is 5.84. The predicted octanol–water partition coefficient (Wildman–Crippen LogP) is 3.89. The molecule has 4 rings (SSSR count). The third-order valence-electron chi connectivity index (χ3n) is 5.04. The highest BCUT2D eigenvalue weighted by atomic mass is 16.5. The Labute approximate surface area is 142 Å². The molecule has 3 nitrogen and oxygen atoms in total. The standard InChI is InChI=1S/C21H21NO2/c1-16(23)22-13-11-21(12-14-22)15-19(17-7-3-2-4-8-17)18-9-5-6-10-20(18)24-21/h2-10,15H,11-14H2,1H3. The number of hydrogen-bond donors (Lipinski definition) is 0. The molecule has 0 radical (unpaired) electrons. The van der Waals surface area contributed by atoms with Crippen LogP contribution < -0.4 is 4.74 Å². The molecule has 0 bridgehead atoms. The van der Waals surface area contributed by atoms with E-state index in [0.717, 1.165) is 37.2 Å². The first-order valence-corrected chi connectivity index (χ1v) is 8.49. The second-order valence-electron chi connectivity index (χ2n) is 6.59. The van der Waals surface area contributed by atoms with Crippen molar-refractivity contribution in [1.29, 1.82) is 0 Å². The maximum Gasteiger partial charge on any atom is 0.219 e. The zero-order valence-corrected chi connectivity index (χ0v) is 13.9. The fourth-order valence-electron chi connectivity index (χ4n) is 3.67. The topological polar surface area (TPSA) is 29.5 Å². The van der Waals surface area contributed by atoms with Gasteiger partial charge in [0.1, 0.15) is 11.4 Å². The van der Waals surface area contributed by atoms with Crippen molar-refractivity contribution in [2.45, 2.75) is 25.4 Å². The van der Waals surface area contributed by atoms with Gasteiger partial charge in [0.05, 0.1) is 0 Å². The fourth-order valence-corrected chi connectivity index (χ4v) is 3.67. The summed E-state index contributed by atoms with van der Waals surface area (Å²) >= 11 is 0. The summed E-state index contributed by atoms with van der Waals surface area (Å²) in [5, 5.41) is 0. The number of rotatable bonds is 1. The first-order valence-electron chi connectivity index (χ1n) is 8.49. The van der Waals surface area contributed by atoms with E-state index < -0.39 is 0 Å².